The van der Waals surface area contributed by atoms with Gasteiger partial charge in [-0.15, -0.1) is 0 Å². The van der Waals surface area contributed by atoms with Gasteiger partial charge in [-0.25, -0.2) is 0 Å². The Morgan fingerprint density at radius 2 is 1.87 bits per heavy atom. The maximum atomic E-state index is 13.2. The van der Waals surface area contributed by atoms with E-state index in [9.17, 15) is 4.79 Å². The molecule has 5 nitrogen and oxygen atoms in total. The predicted molar refractivity (Wildman–Crippen MR) is 125 cm³/mol. The van der Waals surface area contributed by atoms with Crippen molar-refractivity contribution in [2.75, 3.05) is 51.2 Å². The van der Waals surface area contributed by atoms with Crippen LogP contribution in [-0.4, -0.2) is 85.0 Å². The molecule has 0 aliphatic carbocycles. The van der Waals surface area contributed by atoms with E-state index in [1.807, 2.05) is 17.0 Å². The monoisotopic (exact) mass is 430 g/mol. The van der Waals surface area contributed by atoms with Crippen molar-refractivity contribution in [3.05, 3.63) is 35.4 Å². The summed E-state index contributed by atoms with van der Waals surface area (Å²) in [6.07, 6.45) is 3.40. The lowest BCUT2D eigenvalue weighted by atomic mass is 9.95. The van der Waals surface area contributed by atoms with Crippen molar-refractivity contribution in [2.24, 2.45) is 0 Å². The van der Waals surface area contributed by atoms with Crippen molar-refractivity contribution in [3.63, 3.8) is 0 Å². The lowest BCUT2D eigenvalue weighted by Crippen LogP contribution is -2.53. The van der Waals surface area contributed by atoms with Crippen molar-refractivity contribution in [2.45, 2.75) is 51.2 Å². The molecule has 3 heterocycles. The highest BCUT2D eigenvalue weighted by molar-refractivity contribution is 6.30. The fraction of sp³-hybridized carbons (Fsp3) is 0.625. The van der Waals surface area contributed by atoms with Gasteiger partial charge in [0, 0.05) is 67.1 Å². The first-order valence-electron chi connectivity index (χ1n) is 11.3. The van der Waals surface area contributed by atoms with Gasteiger partial charge in [0.2, 0.25) is 5.91 Å². The Kier molecular flexibility index (Phi) is 6.42. The molecule has 0 spiro atoms. The molecule has 3 aliphatic rings. The Bertz CT molecular complexity index is 802. The number of piperazine rings is 1. The molecule has 1 aromatic carbocycles. The van der Waals surface area contributed by atoms with E-state index in [-0.39, 0.29) is 5.91 Å². The SMILES string of the molecule is C=C1c2cc(Cl)ccc2N(CC(=O)N2CCN(C(C)C)CC2)CCC2CCC1N2C. The molecule has 0 aromatic heterocycles. The van der Waals surface area contributed by atoms with Crippen LogP contribution in [-0.2, 0) is 4.79 Å². The smallest absolute Gasteiger partial charge is 0.242 e. The first-order chi connectivity index (χ1) is 14.3. The minimum absolute atomic E-state index is 0.225. The fourth-order valence-electron chi connectivity index (χ4n) is 5.34. The van der Waals surface area contributed by atoms with Crippen molar-refractivity contribution in [3.8, 4) is 0 Å². The van der Waals surface area contributed by atoms with Crippen LogP contribution in [0.5, 0.6) is 0 Å². The Morgan fingerprint density at radius 3 is 2.57 bits per heavy atom. The quantitative estimate of drug-likeness (QED) is 0.733. The Labute approximate surface area is 186 Å². The van der Waals surface area contributed by atoms with E-state index in [2.05, 4.69) is 48.2 Å². The predicted octanol–water partition coefficient (Wildman–Crippen LogP) is 3.58. The van der Waals surface area contributed by atoms with Crippen molar-refractivity contribution >= 4 is 28.8 Å². The summed E-state index contributed by atoms with van der Waals surface area (Å²) in [5, 5.41) is 0.724. The number of hydrogen-bond donors (Lipinski definition) is 0. The van der Waals surface area contributed by atoms with Crippen molar-refractivity contribution in [1.29, 1.82) is 0 Å². The zero-order valence-electron chi connectivity index (χ0n) is 18.6. The normalized spacial score (nSPS) is 25.8. The number of rotatable bonds is 3. The van der Waals surface area contributed by atoms with E-state index in [0.717, 1.165) is 67.4 Å². The lowest BCUT2D eigenvalue weighted by Gasteiger charge is -2.38. The average molecular weight is 431 g/mol. The van der Waals surface area contributed by atoms with Crippen LogP contribution in [0.15, 0.2) is 24.8 Å². The van der Waals surface area contributed by atoms with E-state index in [0.29, 0.717) is 24.7 Å². The summed E-state index contributed by atoms with van der Waals surface area (Å²) in [6, 6.07) is 7.48. The number of carbonyl (C=O) groups is 1. The van der Waals surface area contributed by atoms with Crippen LogP contribution in [0.4, 0.5) is 5.69 Å². The Morgan fingerprint density at radius 1 is 1.13 bits per heavy atom. The number of benzene rings is 1. The first kappa shape index (κ1) is 21.7. The molecule has 1 amide bonds. The van der Waals surface area contributed by atoms with Gasteiger partial charge in [0.05, 0.1) is 6.54 Å². The number of halogens is 1. The van der Waals surface area contributed by atoms with Gasteiger partial charge in [-0.05, 0) is 63.9 Å². The molecule has 0 saturated carbocycles. The third kappa shape index (κ3) is 4.25. The highest BCUT2D eigenvalue weighted by atomic mass is 35.5. The highest BCUT2D eigenvalue weighted by Gasteiger charge is 2.35. The van der Waals surface area contributed by atoms with E-state index in [1.54, 1.807) is 0 Å². The maximum Gasteiger partial charge on any atom is 0.242 e. The van der Waals surface area contributed by atoms with E-state index in [1.165, 1.54) is 6.42 Å². The third-order valence-electron chi connectivity index (χ3n) is 7.34. The molecule has 2 saturated heterocycles. The van der Waals surface area contributed by atoms with Gasteiger partial charge in [0.25, 0.3) is 0 Å². The highest BCUT2D eigenvalue weighted by Crippen LogP contribution is 2.39. The molecule has 164 valence electrons. The van der Waals surface area contributed by atoms with Crippen LogP contribution < -0.4 is 4.90 Å². The zero-order valence-corrected chi connectivity index (χ0v) is 19.4. The van der Waals surface area contributed by atoms with Crippen LogP contribution in [0.3, 0.4) is 0 Å². The van der Waals surface area contributed by atoms with Gasteiger partial charge >= 0.3 is 0 Å². The van der Waals surface area contributed by atoms with Crippen LogP contribution >= 0.6 is 11.6 Å². The van der Waals surface area contributed by atoms with Crippen LogP contribution in [0.25, 0.3) is 5.57 Å². The Hall–Kier alpha value is -1.56. The van der Waals surface area contributed by atoms with Gasteiger partial charge in [0.15, 0.2) is 0 Å². The average Bonchev–Trinajstić information content (AvgIpc) is 3.11. The molecular weight excluding hydrogens is 396 g/mol. The minimum atomic E-state index is 0.225. The van der Waals surface area contributed by atoms with Crippen LogP contribution in [0, 0.1) is 0 Å². The second-order valence-corrected chi connectivity index (χ2v) is 9.76. The third-order valence-corrected chi connectivity index (χ3v) is 7.58. The minimum Gasteiger partial charge on any atom is -0.362 e. The van der Waals surface area contributed by atoms with Crippen LogP contribution in [0.2, 0.25) is 5.02 Å². The van der Waals surface area contributed by atoms with Gasteiger partial charge < -0.3 is 9.80 Å². The van der Waals surface area contributed by atoms with E-state index < -0.39 is 0 Å². The summed E-state index contributed by atoms with van der Waals surface area (Å²) in [5.74, 6) is 0.225. The summed E-state index contributed by atoms with van der Waals surface area (Å²) in [4.78, 5) is 22.4. The van der Waals surface area contributed by atoms with Crippen LogP contribution in [0.1, 0.15) is 38.7 Å². The molecule has 0 N–H and O–H groups in total. The molecule has 2 unspecified atom stereocenters. The number of nitrogens with zero attached hydrogens (tertiary/aromatic N) is 4. The molecule has 6 heteroatoms. The fourth-order valence-corrected chi connectivity index (χ4v) is 5.51. The number of anilines is 1. The van der Waals surface area contributed by atoms with Gasteiger partial charge in [0.1, 0.15) is 0 Å². The Balaban J connectivity index is 1.55. The topological polar surface area (TPSA) is 30.0 Å². The summed E-state index contributed by atoms with van der Waals surface area (Å²) in [6.45, 7) is 13.8. The molecule has 3 aliphatic heterocycles. The van der Waals surface area contributed by atoms with E-state index in [4.69, 9.17) is 11.6 Å². The summed E-state index contributed by atoms with van der Waals surface area (Å²) >= 11 is 6.38. The van der Waals surface area contributed by atoms with E-state index >= 15 is 0 Å². The van der Waals surface area contributed by atoms with Crippen molar-refractivity contribution in [1.82, 2.24) is 14.7 Å². The first-order valence-corrected chi connectivity index (χ1v) is 11.7. The molecular formula is C24H35ClN4O. The number of likely N-dealkylation sites (N-methyl/N-ethyl adjacent to an activating group) is 1. The van der Waals surface area contributed by atoms with Gasteiger partial charge in [-0.2, -0.15) is 0 Å². The molecule has 0 radical (unpaired) electrons. The second-order valence-electron chi connectivity index (χ2n) is 9.32. The molecule has 2 fully saturated rings. The number of carbonyl (C=O) groups excluding carboxylic acids is 1. The second kappa shape index (κ2) is 8.89. The molecule has 30 heavy (non-hydrogen) atoms. The summed E-state index contributed by atoms with van der Waals surface area (Å²) in [7, 11) is 2.22. The molecule has 2 bridgehead atoms. The molecule has 4 rings (SSSR count). The summed E-state index contributed by atoms with van der Waals surface area (Å²) < 4.78 is 0. The number of amides is 1. The molecule has 2 atom stereocenters. The maximum absolute atomic E-state index is 13.2. The van der Waals surface area contributed by atoms with Gasteiger partial charge in [-0.1, -0.05) is 18.2 Å². The molecule has 1 aromatic rings. The standard InChI is InChI=1S/C24H35ClN4O/c1-17(2)27-11-13-28(14-12-27)24(30)16-29-10-9-20-6-8-22(26(20)4)18(3)21-15-19(25)5-7-23(21)29/h5,7,15,17,20,22H,3,6,8-14,16H2,1-2,4H3. The lowest BCUT2D eigenvalue weighted by molar-refractivity contribution is -0.131. The number of fused-ring (bicyclic) bond motifs is 3. The van der Waals surface area contributed by atoms with Gasteiger partial charge in [-0.3, -0.25) is 14.6 Å². The van der Waals surface area contributed by atoms with Crippen molar-refractivity contribution < 1.29 is 4.79 Å². The zero-order chi connectivity index (χ0) is 21.4. The number of hydrogen-bond acceptors (Lipinski definition) is 4. The summed E-state index contributed by atoms with van der Waals surface area (Å²) in [5.41, 5.74) is 3.32. The largest absolute Gasteiger partial charge is 0.362 e.